The number of hydrogen-bond donors (Lipinski definition) is 2. The Labute approximate surface area is 121 Å². The molecule has 1 aliphatic heterocycles. The Bertz CT molecular complexity index is 464. The number of nitrogens with one attached hydrogen (secondary N) is 1. The van der Waals surface area contributed by atoms with E-state index < -0.39 is 12.1 Å². The van der Waals surface area contributed by atoms with E-state index in [4.69, 9.17) is 9.84 Å². The molecule has 1 aromatic heterocycles. The molecular formula is C12H19N5O4. The Balaban J connectivity index is 1.66. The smallest absolute Gasteiger partial charge is 0.317 e. The Morgan fingerprint density at radius 2 is 2.33 bits per heavy atom. The van der Waals surface area contributed by atoms with Gasteiger partial charge in [-0.25, -0.2) is 4.79 Å². The SMILES string of the molecule is O=C(O)CC1CN(C(=O)NCCCn2ccnn2)CCO1. The summed E-state index contributed by atoms with van der Waals surface area (Å²) in [5, 5.41) is 19.1. The molecule has 21 heavy (non-hydrogen) atoms. The molecule has 9 heteroatoms. The third-order valence-electron chi connectivity index (χ3n) is 3.14. The van der Waals surface area contributed by atoms with Crippen LogP contribution in [0.1, 0.15) is 12.8 Å². The molecule has 2 N–H and O–H groups in total. The summed E-state index contributed by atoms with van der Waals surface area (Å²) in [5.74, 6) is -0.921. The van der Waals surface area contributed by atoms with Crippen LogP contribution in [0.2, 0.25) is 0 Å². The number of hydrogen-bond acceptors (Lipinski definition) is 5. The van der Waals surface area contributed by atoms with Crippen molar-refractivity contribution >= 4 is 12.0 Å². The average molecular weight is 297 g/mol. The van der Waals surface area contributed by atoms with Crippen molar-refractivity contribution in [3.8, 4) is 0 Å². The van der Waals surface area contributed by atoms with Crippen LogP contribution in [0.15, 0.2) is 12.4 Å². The second-order valence-electron chi connectivity index (χ2n) is 4.79. The van der Waals surface area contributed by atoms with Gasteiger partial charge < -0.3 is 20.1 Å². The molecule has 2 amide bonds. The highest BCUT2D eigenvalue weighted by molar-refractivity contribution is 5.74. The first-order valence-corrected chi connectivity index (χ1v) is 6.85. The van der Waals surface area contributed by atoms with Gasteiger partial charge in [0, 0.05) is 32.4 Å². The minimum atomic E-state index is -0.921. The van der Waals surface area contributed by atoms with E-state index in [2.05, 4.69) is 15.6 Å². The predicted octanol–water partition coefficient (Wildman–Crippen LogP) is -0.447. The van der Waals surface area contributed by atoms with Crippen LogP contribution in [-0.2, 0) is 16.1 Å². The highest BCUT2D eigenvalue weighted by atomic mass is 16.5. The summed E-state index contributed by atoms with van der Waals surface area (Å²) in [6, 6.07) is -0.188. The number of ether oxygens (including phenoxy) is 1. The zero-order valence-electron chi connectivity index (χ0n) is 11.6. The first-order chi connectivity index (χ1) is 10.1. The molecule has 1 unspecified atom stereocenters. The molecule has 0 spiro atoms. The lowest BCUT2D eigenvalue weighted by atomic mass is 10.2. The van der Waals surface area contributed by atoms with Gasteiger partial charge >= 0.3 is 12.0 Å². The van der Waals surface area contributed by atoms with Crippen molar-refractivity contribution in [2.24, 2.45) is 0 Å². The van der Waals surface area contributed by atoms with E-state index in [9.17, 15) is 9.59 Å². The molecule has 2 rings (SSSR count). The second kappa shape index (κ2) is 7.58. The summed E-state index contributed by atoms with van der Waals surface area (Å²) in [7, 11) is 0. The molecule has 0 radical (unpaired) electrons. The summed E-state index contributed by atoms with van der Waals surface area (Å²) >= 11 is 0. The fraction of sp³-hybridized carbons (Fsp3) is 0.667. The van der Waals surface area contributed by atoms with E-state index in [1.165, 1.54) is 0 Å². The third kappa shape index (κ3) is 5.03. The van der Waals surface area contributed by atoms with Crippen LogP contribution < -0.4 is 5.32 Å². The van der Waals surface area contributed by atoms with Crippen molar-refractivity contribution in [2.45, 2.75) is 25.5 Å². The van der Waals surface area contributed by atoms with E-state index >= 15 is 0 Å². The number of urea groups is 1. The number of amides is 2. The normalized spacial score (nSPS) is 18.5. The monoisotopic (exact) mass is 297 g/mol. The molecule has 0 aliphatic carbocycles. The van der Waals surface area contributed by atoms with Gasteiger partial charge in [-0.15, -0.1) is 5.10 Å². The van der Waals surface area contributed by atoms with Crippen LogP contribution in [0.25, 0.3) is 0 Å². The van der Waals surface area contributed by atoms with E-state index in [1.807, 2.05) is 0 Å². The zero-order valence-corrected chi connectivity index (χ0v) is 11.6. The fourth-order valence-corrected chi connectivity index (χ4v) is 2.12. The summed E-state index contributed by atoms with van der Waals surface area (Å²) in [4.78, 5) is 24.2. The van der Waals surface area contributed by atoms with Crippen LogP contribution in [-0.4, -0.2) is 69.3 Å². The highest BCUT2D eigenvalue weighted by Gasteiger charge is 2.25. The number of carboxylic acids is 1. The van der Waals surface area contributed by atoms with Crippen molar-refractivity contribution in [2.75, 3.05) is 26.2 Å². The summed E-state index contributed by atoms with van der Waals surface area (Å²) in [5.41, 5.74) is 0. The fourth-order valence-electron chi connectivity index (χ4n) is 2.12. The van der Waals surface area contributed by atoms with Gasteiger partial charge in [-0.2, -0.15) is 0 Å². The molecule has 1 aromatic rings. The molecule has 0 aromatic carbocycles. The van der Waals surface area contributed by atoms with Crippen LogP contribution in [0.5, 0.6) is 0 Å². The molecule has 9 nitrogen and oxygen atoms in total. The van der Waals surface area contributed by atoms with Crippen LogP contribution in [0.3, 0.4) is 0 Å². The molecular weight excluding hydrogens is 278 g/mol. The second-order valence-corrected chi connectivity index (χ2v) is 4.79. The minimum Gasteiger partial charge on any atom is -0.481 e. The minimum absolute atomic E-state index is 0.0872. The van der Waals surface area contributed by atoms with Crippen molar-refractivity contribution < 1.29 is 19.4 Å². The number of aromatic nitrogens is 3. The number of nitrogens with zero attached hydrogens (tertiary/aromatic N) is 4. The number of aryl methyl sites for hydroxylation is 1. The molecule has 1 aliphatic rings. The highest BCUT2D eigenvalue weighted by Crippen LogP contribution is 2.08. The molecule has 2 heterocycles. The van der Waals surface area contributed by atoms with Gasteiger partial charge in [0.05, 0.1) is 25.3 Å². The molecule has 116 valence electrons. The number of aliphatic carboxylic acids is 1. The van der Waals surface area contributed by atoms with Gasteiger partial charge in [0.25, 0.3) is 0 Å². The van der Waals surface area contributed by atoms with Crippen molar-refractivity contribution in [3.05, 3.63) is 12.4 Å². The largest absolute Gasteiger partial charge is 0.481 e. The van der Waals surface area contributed by atoms with Crippen molar-refractivity contribution in [1.29, 1.82) is 0 Å². The van der Waals surface area contributed by atoms with Gasteiger partial charge in [-0.3, -0.25) is 9.48 Å². The predicted molar refractivity (Wildman–Crippen MR) is 71.6 cm³/mol. The Morgan fingerprint density at radius 3 is 3.05 bits per heavy atom. The maximum absolute atomic E-state index is 12.0. The Morgan fingerprint density at radius 1 is 1.48 bits per heavy atom. The standard InChI is InChI=1S/C12H19N5O4/c18-11(19)8-10-9-16(6-7-21-10)12(20)13-2-1-4-17-5-3-14-15-17/h3,5,10H,1-2,4,6-9H2,(H,13,20)(H,18,19). The number of carbonyl (C=O) groups is 2. The van der Waals surface area contributed by atoms with Crippen molar-refractivity contribution in [1.82, 2.24) is 25.2 Å². The van der Waals surface area contributed by atoms with Gasteiger partial charge in [-0.05, 0) is 6.42 Å². The maximum atomic E-state index is 12.0. The summed E-state index contributed by atoms with van der Waals surface area (Å²) in [6.45, 7) is 2.36. The van der Waals surface area contributed by atoms with E-state index in [0.717, 1.165) is 6.42 Å². The lowest BCUT2D eigenvalue weighted by Crippen LogP contribution is -2.50. The summed E-state index contributed by atoms with van der Waals surface area (Å²) < 4.78 is 7.02. The van der Waals surface area contributed by atoms with E-state index in [-0.39, 0.29) is 12.5 Å². The van der Waals surface area contributed by atoms with E-state index in [0.29, 0.717) is 32.8 Å². The molecule has 0 bridgehead atoms. The average Bonchev–Trinajstić information content (AvgIpc) is 2.96. The topological polar surface area (TPSA) is 110 Å². The van der Waals surface area contributed by atoms with Gasteiger partial charge in [-0.1, -0.05) is 5.21 Å². The number of morpholine rings is 1. The molecule has 0 saturated carbocycles. The first kappa shape index (κ1) is 15.2. The van der Waals surface area contributed by atoms with E-state index in [1.54, 1.807) is 22.0 Å². The van der Waals surface area contributed by atoms with Gasteiger partial charge in [0.15, 0.2) is 0 Å². The number of carbonyl (C=O) groups excluding carboxylic acids is 1. The third-order valence-corrected chi connectivity index (χ3v) is 3.14. The van der Waals surface area contributed by atoms with Crippen LogP contribution >= 0.6 is 0 Å². The zero-order chi connectivity index (χ0) is 15.1. The maximum Gasteiger partial charge on any atom is 0.317 e. The van der Waals surface area contributed by atoms with Gasteiger partial charge in [0.2, 0.25) is 0 Å². The number of rotatable bonds is 6. The lowest BCUT2D eigenvalue weighted by molar-refractivity contribution is -0.141. The lowest BCUT2D eigenvalue weighted by Gasteiger charge is -2.32. The van der Waals surface area contributed by atoms with Gasteiger partial charge in [0.1, 0.15) is 0 Å². The van der Waals surface area contributed by atoms with Crippen LogP contribution in [0.4, 0.5) is 4.79 Å². The van der Waals surface area contributed by atoms with Crippen molar-refractivity contribution in [3.63, 3.8) is 0 Å². The molecule has 1 atom stereocenters. The Kier molecular flexibility index (Phi) is 5.50. The Hall–Kier alpha value is -2.16. The summed E-state index contributed by atoms with van der Waals surface area (Å²) in [6.07, 6.45) is 3.60. The molecule has 1 fully saturated rings. The van der Waals surface area contributed by atoms with Crippen LogP contribution in [0, 0.1) is 0 Å². The molecule has 1 saturated heterocycles. The number of carboxylic acid groups (broad SMARTS) is 1. The quantitative estimate of drug-likeness (QED) is 0.688. The first-order valence-electron chi connectivity index (χ1n) is 6.85.